The SMILES string of the molecule is CCOC(=O)c1cc2cccc(C3CN(C(=O)OC(C)(C)C)C3)c2n1CC1CC1. The first-order chi connectivity index (χ1) is 13.8. The third-order valence-electron chi connectivity index (χ3n) is 5.55. The molecule has 29 heavy (non-hydrogen) atoms. The summed E-state index contributed by atoms with van der Waals surface area (Å²) in [5.41, 5.74) is 2.44. The van der Waals surface area contributed by atoms with Gasteiger partial charge >= 0.3 is 12.1 Å². The standard InChI is InChI=1S/C23H30N2O4/c1-5-28-21(26)19-11-16-7-6-8-18(20(16)25(19)12-15-9-10-15)17-13-24(14-17)22(27)29-23(2,3)4/h6-8,11,15,17H,5,9-10,12-14H2,1-4H3. The number of aromatic nitrogens is 1. The van der Waals surface area contributed by atoms with Gasteiger partial charge in [0.15, 0.2) is 0 Å². The molecule has 0 bridgehead atoms. The Morgan fingerprint density at radius 1 is 1.17 bits per heavy atom. The summed E-state index contributed by atoms with van der Waals surface area (Å²) in [7, 11) is 0. The van der Waals surface area contributed by atoms with Gasteiger partial charge in [0, 0.05) is 30.9 Å². The molecular formula is C23H30N2O4. The number of fused-ring (bicyclic) bond motifs is 1. The molecule has 1 aromatic heterocycles. The molecule has 4 rings (SSSR count). The fraction of sp³-hybridized carbons (Fsp3) is 0.565. The minimum absolute atomic E-state index is 0.245. The molecular weight excluding hydrogens is 368 g/mol. The van der Waals surface area contributed by atoms with Crippen molar-refractivity contribution in [3.05, 3.63) is 35.5 Å². The summed E-state index contributed by atoms with van der Waals surface area (Å²) >= 11 is 0. The number of likely N-dealkylation sites (tertiary alicyclic amines) is 1. The molecule has 1 saturated carbocycles. The number of carbonyl (C=O) groups excluding carboxylic acids is 2. The van der Waals surface area contributed by atoms with Crippen LogP contribution < -0.4 is 0 Å². The van der Waals surface area contributed by atoms with Crippen LogP contribution in [0.1, 0.15) is 62.5 Å². The first-order valence-electron chi connectivity index (χ1n) is 10.5. The molecule has 1 amide bonds. The van der Waals surface area contributed by atoms with Crippen LogP contribution in [0, 0.1) is 5.92 Å². The molecule has 2 aliphatic rings. The van der Waals surface area contributed by atoms with E-state index in [1.54, 1.807) is 4.90 Å². The predicted octanol–water partition coefficient (Wildman–Crippen LogP) is 4.56. The highest BCUT2D eigenvalue weighted by atomic mass is 16.6. The van der Waals surface area contributed by atoms with E-state index >= 15 is 0 Å². The Hall–Kier alpha value is -2.50. The Bertz CT molecular complexity index is 930. The molecule has 1 saturated heterocycles. The van der Waals surface area contributed by atoms with Crippen molar-refractivity contribution < 1.29 is 19.1 Å². The second kappa shape index (κ2) is 7.39. The lowest BCUT2D eigenvalue weighted by Crippen LogP contribution is -2.50. The van der Waals surface area contributed by atoms with Gasteiger partial charge in [0.2, 0.25) is 0 Å². The van der Waals surface area contributed by atoms with Crippen LogP contribution in [0.2, 0.25) is 0 Å². The maximum Gasteiger partial charge on any atom is 0.410 e. The fourth-order valence-electron chi connectivity index (χ4n) is 3.96. The molecule has 0 spiro atoms. The van der Waals surface area contributed by atoms with Crippen molar-refractivity contribution in [2.75, 3.05) is 19.7 Å². The van der Waals surface area contributed by atoms with E-state index in [4.69, 9.17) is 9.47 Å². The lowest BCUT2D eigenvalue weighted by Gasteiger charge is -2.40. The Kier molecular flexibility index (Phi) is 5.05. The van der Waals surface area contributed by atoms with Crippen LogP contribution in [0.5, 0.6) is 0 Å². The maximum atomic E-state index is 12.6. The molecule has 1 aliphatic carbocycles. The van der Waals surface area contributed by atoms with E-state index in [-0.39, 0.29) is 18.0 Å². The zero-order valence-corrected chi connectivity index (χ0v) is 17.7. The Morgan fingerprint density at radius 3 is 2.52 bits per heavy atom. The van der Waals surface area contributed by atoms with Crippen LogP contribution in [-0.4, -0.2) is 46.8 Å². The Morgan fingerprint density at radius 2 is 1.90 bits per heavy atom. The van der Waals surface area contributed by atoms with Crippen LogP contribution in [0.4, 0.5) is 4.79 Å². The highest BCUT2D eigenvalue weighted by molar-refractivity contribution is 5.97. The number of hydrogen-bond donors (Lipinski definition) is 0. The van der Waals surface area contributed by atoms with Crippen molar-refractivity contribution in [1.29, 1.82) is 0 Å². The third kappa shape index (κ3) is 4.11. The molecule has 6 nitrogen and oxygen atoms in total. The minimum atomic E-state index is -0.490. The molecule has 0 atom stereocenters. The van der Waals surface area contributed by atoms with Gasteiger partial charge in [-0.05, 0) is 58.1 Å². The van der Waals surface area contributed by atoms with Gasteiger partial charge in [-0.3, -0.25) is 0 Å². The highest BCUT2D eigenvalue weighted by Gasteiger charge is 2.36. The monoisotopic (exact) mass is 398 g/mol. The minimum Gasteiger partial charge on any atom is -0.461 e. The number of hydrogen-bond acceptors (Lipinski definition) is 4. The fourth-order valence-corrected chi connectivity index (χ4v) is 3.96. The first-order valence-corrected chi connectivity index (χ1v) is 10.5. The molecule has 0 N–H and O–H groups in total. The van der Waals surface area contributed by atoms with E-state index in [1.165, 1.54) is 18.4 Å². The highest BCUT2D eigenvalue weighted by Crippen LogP contribution is 2.38. The molecule has 0 unspecified atom stereocenters. The van der Waals surface area contributed by atoms with E-state index < -0.39 is 5.60 Å². The Balaban J connectivity index is 1.62. The summed E-state index contributed by atoms with van der Waals surface area (Å²) in [5, 5.41) is 1.06. The van der Waals surface area contributed by atoms with Crippen LogP contribution in [-0.2, 0) is 16.0 Å². The van der Waals surface area contributed by atoms with Crippen molar-refractivity contribution in [2.24, 2.45) is 5.92 Å². The number of carbonyl (C=O) groups is 2. The summed E-state index contributed by atoms with van der Waals surface area (Å²) < 4.78 is 12.9. The molecule has 2 heterocycles. The van der Waals surface area contributed by atoms with Gasteiger partial charge in [-0.25, -0.2) is 9.59 Å². The molecule has 156 valence electrons. The van der Waals surface area contributed by atoms with Crippen molar-refractivity contribution >= 4 is 23.0 Å². The number of ether oxygens (including phenoxy) is 2. The maximum absolute atomic E-state index is 12.6. The molecule has 2 aromatic rings. The van der Waals surface area contributed by atoms with E-state index in [1.807, 2.05) is 39.8 Å². The summed E-state index contributed by atoms with van der Waals surface area (Å²) in [4.78, 5) is 26.6. The van der Waals surface area contributed by atoms with Crippen molar-refractivity contribution in [3.8, 4) is 0 Å². The average Bonchev–Trinajstić information content (AvgIpc) is 3.32. The van der Waals surface area contributed by atoms with E-state index in [2.05, 4.69) is 16.7 Å². The van der Waals surface area contributed by atoms with Crippen LogP contribution in [0.25, 0.3) is 10.9 Å². The van der Waals surface area contributed by atoms with Crippen LogP contribution >= 0.6 is 0 Å². The topological polar surface area (TPSA) is 60.8 Å². The lowest BCUT2D eigenvalue weighted by atomic mass is 9.90. The average molecular weight is 399 g/mol. The van der Waals surface area contributed by atoms with Gasteiger partial charge in [-0.1, -0.05) is 18.2 Å². The Labute approximate surface area is 171 Å². The van der Waals surface area contributed by atoms with Crippen LogP contribution in [0.3, 0.4) is 0 Å². The number of nitrogens with zero attached hydrogens (tertiary/aromatic N) is 2. The molecule has 2 fully saturated rings. The number of rotatable bonds is 5. The second-order valence-electron chi connectivity index (χ2n) is 9.17. The summed E-state index contributed by atoms with van der Waals surface area (Å²) in [6.45, 7) is 9.95. The number of esters is 1. The van der Waals surface area contributed by atoms with E-state index in [9.17, 15) is 9.59 Å². The summed E-state index contributed by atoms with van der Waals surface area (Å²) in [6, 6.07) is 8.15. The molecule has 1 aromatic carbocycles. The largest absolute Gasteiger partial charge is 0.461 e. The molecule has 1 aliphatic heterocycles. The van der Waals surface area contributed by atoms with Gasteiger partial charge < -0.3 is 18.9 Å². The van der Waals surface area contributed by atoms with Crippen molar-refractivity contribution in [1.82, 2.24) is 9.47 Å². The quantitative estimate of drug-likeness (QED) is 0.693. The summed E-state index contributed by atoms with van der Waals surface area (Å²) in [6.07, 6.45) is 2.15. The van der Waals surface area contributed by atoms with Crippen molar-refractivity contribution in [2.45, 2.75) is 58.6 Å². The number of amides is 1. The van der Waals surface area contributed by atoms with Crippen molar-refractivity contribution in [3.63, 3.8) is 0 Å². The van der Waals surface area contributed by atoms with Crippen LogP contribution in [0.15, 0.2) is 24.3 Å². The normalized spacial score (nSPS) is 17.3. The van der Waals surface area contributed by atoms with Gasteiger partial charge in [-0.2, -0.15) is 0 Å². The second-order valence-corrected chi connectivity index (χ2v) is 9.17. The first kappa shape index (κ1) is 19.8. The van der Waals surface area contributed by atoms with Gasteiger partial charge in [0.05, 0.1) is 12.1 Å². The third-order valence-corrected chi connectivity index (χ3v) is 5.55. The predicted molar refractivity (Wildman–Crippen MR) is 111 cm³/mol. The zero-order chi connectivity index (χ0) is 20.8. The summed E-state index contributed by atoms with van der Waals surface area (Å²) in [5.74, 6) is 0.611. The molecule has 0 radical (unpaired) electrons. The van der Waals surface area contributed by atoms with E-state index in [0.29, 0.717) is 31.3 Å². The van der Waals surface area contributed by atoms with Gasteiger partial charge in [-0.15, -0.1) is 0 Å². The number of para-hydroxylation sites is 1. The smallest absolute Gasteiger partial charge is 0.410 e. The lowest BCUT2D eigenvalue weighted by molar-refractivity contribution is 0.00826. The van der Waals surface area contributed by atoms with E-state index in [0.717, 1.165) is 17.4 Å². The zero-order valence-electron chi connectivity index (χ0n) is 17.7. The van der Waals surface area contributed by atoms with Gasteiger partial charge in [0.1, 0.15) is 11.3 Å². The molecule has 6 heteroatoms. The number of benzene rings is 1. The van der Waals surface area contributed by atoms with Gasteiger partial charge in [0.25, 0.3) is 0 Å².